The summed E-state index contributed by atoms with van der Waals surface area (Å²) in [4.78, 5) is 27.5. The van der Waals surface area contributed by atoms with Crippen molar-refractivity contribution >= 4 is 45.3 Å². The normalized spacial score (nSPS) is 10.7. The topological polar surface area (TPSA) is 110 Å². The summed E-state index contributed by atoms with van der Waals surface area (Å²) in [7, 11) is 0. The Labute approximate surface area is 195 Å². The number of nitrogens with one attached hydrogen (secondary N) is 1. The van der Waals surface area contributed by atoms with Crippen LogP contribution < -0.4 is 5.32 Å². The fraction of sp³-hybridized carbons (Fsp3) is 0.0455. The molecule has 4 rings (SSSR count). The van der Waals surface area contributed by atoms with Crippen molar-refractivity contribution in [3.05, 3.63) is 83.1 Å². The van der Waals surface area contributed by atoms with Gasteiger partial charge in [0, 0.05) is 33.8 Å². The molecule has 0 saturated heterocycles. The van der Waals surface area contributed by atoms with Crippen LogP contribution in [0.3, 0.4) is 0 Å². The second kappa shape index (κ2) is 9.75. The minimum atomic E-state index is -1.02. The molecule has 2 aromatic carbocycles. The van der Waals surface area contributed by atoms with Gasteiger partial charge in [0.25, 0.3) is 0 Å². The van der Waals surface area contributed by atoms with Gasteiger partial charge >= 0.3 is 5.97 Å². The largest absolute Gasteiger partial charge is 0.478 e. The number of carboxylic acid groups (broad SMARTS) is 1. The van der Waals surface area contributed by atoms with Gasteiger partial charge in [-0.15, -0.1) is 10.2 Å². The van der Waals surface area contributed by atoms with Crippen molar-refractivity contribution in [1.82, 2.24) is 19.7 Å². The lowest BCUT2D eigenvalue weighted by atomic mass is 10.2. The molecule has 8 nitrogen and oxygen atoms in total. The predicted octanol–water partition coefficient (Wildman–Crippen LogP) is 4.52. The molecule has 0 radical (unpaired) electrons. The van der Waals surface area contributed by atoms with Crippen LogP contribution in [0.1, 0.15) is 10.4 Å². The number of carbonyl (C=O) groups is 2. The molecule has 10 heteroatoms. The number of benzene rings is 2. The van der Waals surface area contributed by atoms with E-state index >= 15 is 0 Å². The maximum Gasteiger partial charge on any atom is 0.335 e. The van der Waals surface area contributed by atoms with Gasteiger partial charge in [0.1, 0.15) is 0 Å². The Morgan fingerprint density at radius 2 is 1.66 bits per heavy atom. The third-order valence-electron chi connectivity index (χ3n) is 4.40. The summed E-state index contributed by atoms with van der Waals surface area (Å²) in [5.41, 5.74) is 2.39. The SMILES string of the molecule is O=C(CSc1nnc(-c2ccncc2)n1-c1ccc(Br)cc1)Nc1ccc(C(=O)O)cc1. The number of aromatic nitrogens is 4. The highest BCUT2D eigenvalue weighted by molar-refractivity contribution is 9.10. The molecule has 32 heavy (non-hydrogen) atoms. The molecule has 0 saturated carbocycles. The number of rotatable bonds is 7. The number of aromatic carboxylic acids is 1. The van der Waals surface area contributed by atoms with E-state index in [-0.39, 0.29) is 17.2 Å². The van der Waals surface area contributed by atoms with Crippen LogP contribution in [0.15, 0.2) is 82.7 Å². The van der Waals surface area contributed by atoms with Gasteiger partial charge < -0.3 is 10.4 Å². The summed E-state index contributed by atoms with van der Waals surface area (Å²) in [6.07, 6.45) is 3.37. The zero-order valence-electron chi connectivity index (χ0n) is 16.5. The van der Waals surface area contributed by atoms with Crippen LogP contribution in [0.2, 0.25) is 0 Å². The van der Waals surface area contributed by atoms with Crippen molar-refractivity contribution in [3.8, 4) is 17.1 Å². The van der Waals surface area contributed by atoms with Crippen molar-refractivity contribution in [2.45, 2.75) is 5.16 Å². The van der Waals surface area contributed by atoms with Gasteiger partial charge in [-0.3, -0.25) is 14.3 Å². The summed E-state index contributed by atoms with van der Waals surface area (Å²) in [5, 5.41) is 20.9. The van der Waals surface area contributed by atoms with E-state index < -0.39 is 5.97 Å². The average Bonchev–Trinajstić information content (AvgIpc) is 3.23. The highest BCUT2D eigenvalue weighted by Gasteiger charge is 2.17. The first kappa shape index (κ1) is 21.7. The van der Waals surface area contributed by atoms with Crippen molar-refractivity contribution in [2.24, 2.45) is 0 Å². The van der Waals surface area contributed by atoms with Gasteiger partial charge in [-0.1, -0.05) is 27.7 Å². The molecule has 1 amide bonds. The fourth-order valence-corrected chi connectivity index (χ4v) is 3.91. The third-order valence-corrected chi connectivity index (χ3v) is 5.86. The number of nitrogens with zero attached hydrogens (tertiary/aromatic N) is 4. The molecule has 0 aliphatic heterocycles. The van der Waals surface area contributed by atoms with Crippen molar-refractivity contribution < 1.29 is 14.7 Å². The van der Waals surface area contributed by atoms with Crippen molar-refractivity contribution in [3.63, 3.8) is 0 Å². The molecule has 0 atom stereocenters. The number of amides is 1. The second-order valence-corrected chi connectivity index (χ2v) is 8.43. The van der Waals surface area contributed by atoms with Gasteiger partial charge in [0.2, 0.25) is 5.91 Å². The van der Waals surface area contributed by atoms with Crippen LogP contribution in [-0.4, -0.2) is 42.5 Å². The maximum atomic E-state index is 12.5. The van der Waals surface area contributed by atoms with Crippen LogP contribution >= 0.6 is 27.7 Å². The molecule has 2 aromatic heterocycles. The Hall–Kier alpha value is -3.50. The molecule has 4 aromatic rings. The quantitative estimate of drug-likeness (QED) is 0.352. The first-order valence-electron chi connectivity index (χ1n) is 9.39. The minimum Gasteiger partial charge on any atom is -0.478 e. The van der Waals surface area contributed by atoms with E-state index in [0.717, 1.165) is 15.7 Å². The Balaban J connectivity index is 1.54. The van der Waals surface area contributed by atoms with Crippen LogP contribution in [-0.2, 0) is 4.79 Å². The highest BCUT2D eigenvalue weighted by atomic mass is 79.9. The Morgan fingerprint density at radius 1 is 0.969 bits per heavy atom. The number of halogens is 1. The van der Waals surface area contributed by atoms with Gasteiger partial charge in [-0.05, 0) is 60.7 Å². The molecule has 0 unspecified atom stereocenters. The van der Waals surface area contributed by atoms with Crippen molar-refractivity contribution in [1.29, 1.82) is 0 Å². The number of hydrogen-bond donors (Lipinski definition) is 2. The summed E-state index contributed by atoms with van der Waals surface area (Å²) in [5.74, 6) is -0.516. The summed E-state index contributed by atoms with van der Waals surface area (Å²) in [6.45, 7) is 0. The standard InChI is InChI=1S/C22H16BrN5O3S/c23-16-3-7-18(8-4-16)28-20(14-9-11-24-12-10-14)26-27-22(28)32-13-19(29)25-17-5-1-15(2-6-17)21(30)31/h1-12H,13H2,(H,25,29)(H,30,31). The van der Waals surface area contributed by atoms with E-state index in [1.54, 1.807) is 24.5 Å². The fourth-order valence-electron chi connectivity index (χ4n) is 2.90. The monoisotopic (exact) mass is 509 g/mol. The Kier molecular flexibility index (Phi) is 6.62. The molecule has 0 spiro atoms. The lowest BCUT2D eigenvalue weighted by molar-refractivity contribution is -0.113. The van der Waals surface area contributed by atoms with E-state index in [4.69, 9.17) is 5.11 Å². The first-order valence-corrected chi connectivity index (χ1v) is 11.2. The predicted molar refractivity (Wildman–Crippen MR) is 125 cm³/mol. The van der Waals surface area contributed by atoms with Crippen LogP contribution in [0, 0.1) is 0 Å². The molecule has 0 fully saturated rings. The van der Waals surface area contributed by atoms with Crippen LogP contribution in [0.5, 0.6) is 0 Å². The summed E-state index contributed by atoms with van der Waals surface area (Å²) >= 11 is 4.70. The van der Waals surface area contributed by atoms with Crippen molar-refractivity contribution in [2.75, 3.05) is 11.1 Å². The number of carbonyl (C=O) groups excluding carboxylic acids is 1. The molecule has 0 bridgehead atoms. The zero-order chi connectivity index (χ0) is 22.5. The summed E-state index contributed by atoms with van der Waals surface area (Å²) in [6, 6.07) is 17.4. The molecule has 2 heterocycles. The van der Waals surface area contributed by atoms with Gasteiger partial charge in [-0.2, -0.15) is 0 Å². The molecule has 160 valence electrons. The second-order valence-electron chi connectivity index (χ2n) is 6.57. The van der Waals surface area contributed by atoms with Gasteiger partial charge in [0.15, 0.2) is 11.0 Å². The number of pyridine rings is 1. The minimum absolute atomic E-state index is 0.103. The number of thioether (sulfide) groups is 1. The molecule has 0 aliphatic rings. The van der Waals surface area contributed by atoms with E-state index in [2.05, 4.69) is 36.4 Å². The Morgan fingerprint density at radius 3 is 2.31 bits per heavy atom. The van der Waals surface area contributed by atoms with E-state index in [0.29, 0.717) is 16.7 Å². The van der Waals surface area contributed by atoms with E-state index in [9.17, 15) is 9.59 Å². The molecular formula is C22H16BrN5O3S. The highest BCUT2D eigenvalue weighted by Crippen LogP contribution is 2.28. The van der Waals surface area contributed by atoms with E-state index in [1.165, 1.54) is 23.9 Å². The van der Waals surface area contributed by atoms with Gasteiger partial charge in [-0.25, -0.2) is 4.79 Å². The zero-order valence-corrected chi connectivity index (χ0v) is 18.9. The maximum absolute atomic E-state index is 12.5. The molecular weight excluding hydrogens is 494 g/mol. The van der Waals surface area contributed by atoms with Crippen LogP contribution in [0.25, 0.3) is 17.1 Å². The molecule has 2 N–H and O–H groups in total. The Bertz CT molecular complexity index is 1250. The lowest BCUT2D eigenvalue weighted by Crippen LogP contribution is -2.14. The number of carboxylic acids is 1. The molecule has 0 aliphatic carbocycles. The third kappa shape index (κ3) is 5.04. The van der Waals surface area contributed by atoms with E-state index in [1.807, 2.05) is 41.0 Å². The summed E-state index contributed by atoms with van der Waals surface area (Å²) < 4.78 is 2.84. The van der Waals surface area contributed by atoms with Crippen LogP contribution in [0.4, 0.5) is 5.69 Å². The lowest BCUT2D eigenvalue weighted by Gasteiger charge is -2.11. The average molecular weight is 510 g/mol. The first-order chi connectivity index (χ1) is 15.5. The van der Waals surface area contributed by atoms with Gasteiger partial charge in [0.05, 0.1) is 11.3 Å². The smallest absolute Gasteiger partial charge is 0.335 e. The number of anilines is 1. The number of hydrogen-bond acceptors (Lipinski definition) is 6.